The van der Waals surface area contributed by atoms with Crippen molar-refractivity contribution in [3.05, 3.63) is 29.8 Å². The first kappa shape index (κ1) is 16.3. The molecule has 1 aliphatic rings. The summed E-state index contributed by atoms with van der Waals surface area (Å²) in [5.41, 5.74) is 1.33. The summed E-state index contributed by atoms with van der Waals surface area (Å²) < 4.78 is 5.26. The van der Waals surface area contributed by atoms with E-state index in [1.54, 1.807) is 7.11 Å². The number of methoxy groups -OCH3 is 1. The van der Waals surface area contributed by atoms with Gasteiger partial charge in [0.15, 0.2) is 0 Å². The highest BCUT2D eigenvalue weighted by atomic mass is 16.5. The van der Waals surface area contributed by atoms with Gasteiger partial charge in [-0.2, -0.15) is 0 Å². The third-order valence-electron chi connectivity index (χ3n) is 5.06. The van der Waals surface area contributed by atoms with E-state index in [0.717, 1.165) is 11.8 Å². The number of nitrogens with zero attached hydrogens (tertiary/aromatic N) is 1. The molecule has 2 rings (SSSR count). The SMILES string of the molecule is CCC1CCC(C)N1C(C)C(NC)c1ccc(OC)cc1. The maximum Gasteiger partial charge on any atom is 0.118 e. The van der Waals surface area contributed by atoms with Crippen LogP contribution in [-0.4, -0.2) is 37.2 Å². The first-order valence-electron chi connectivity index (χ1n) is 8.21. The zero-order chi connectivity index (χ0) is 15.4. The Morgan fingerprint density at radius 2 is 1.95 bits per heavy atom. The summed E-state index contributed by atoms with van der Waals surface area (Å²) in [4.78, 5) is 2.71. The van der Waals surface area contributed by atoms with Gasteiger partial charge in [0, 0.05) is 24.2 Å². The third-order valence-corrected chi connectivity index (χ3v) is 5.06. The van der Waals surface area contributed by atoms with Crippen molar-refractivity contribution in [2.24, 2.45) is 0 Å². The Hall–Kier alpha value is -1.06. The molecule has 4 unspecified atom stereocenters. The molecule has 1 aliphatic heterocycles. The molecule has 1 heterocycles. The van der Waals surface area contributed by atoms with E-state index in [9.17, 15) is 0 Å². The van der Waals surface area contributed by atoms with Gasteiger partial charge in [-0.3, -0.25) is 4.90 Å². The van der Waals surface area contributed by atoms with Gasteiger partial charge in [-0.1, -0.05) is 19.1 Å². The van der Waals surface area contributed by atoms with Crippen LogP contribution in [-0.2, 0) is 0 Å². The molecule has 1 aromatic carbocycles. The highest BCUT2D eigenvalue weighted by Gasteiger charge is 2.36. The molecule has 3 heteroatoms. The summed E-state index contributed by atoms with van der Waals surface area (Å²) in [5, 5.41) is 3.52. The van der Waals surface area contributed by atoms with Crippen LogP contribution >= 0.6 is 0 Å². The molecule has 0 amide bonds. The van der Waals surface area contributed by atoms with Gasteiger partial charge in [0.05, 0.1) is 7.11 Å². The van der Waals surface area contributed by atoms with Gasteiger partial charge in [-0.15, -0.1) is 0 Å². The van der Waals surface area contributed by atoms with Crippen molar-refractivity contribution in [2.75, 3.05) is 14.2 Å². The number of hydrogen-bond acceptors (Lipinski definition) is 3. The topological polar surface area (TPSA) is 24.5 Å². The number of likely N-dealkylation sites (N-methyl/N-ethyl adjacent to an activating group) is 1. The number of likely N-dealkylation sites (tertiary alicyclic amines) is 1. The van der Waals surface area contributed by atoms with Crippen LogP contribution in [0.5, 0.6) is 5.75 Å². The summed E-state index contributed by atoms with van der Waals surface area (Å²) in [6, 6.07) is 10.7. The number of ether oxygens (including phenoxy) is 1. The quantitative estimate of drug-likeness (QED) is 0.866. The lowest BCUT2D eigenvalue weighted by Gasteiger charge is -2.38. The highest BCUT2D eigenvalue weighted by Crippen LogP contribution is 2.33. The molecule has 0 radical (unpaired) electrons. The van der Waals surface area contributed by atoms with Crippen LogP contribution in [0, 0.1) is 0 Å². The summed E-state index contributed by atoms with van der Waals surface area (Å²) in [6.07, 6.45) is 3.90. The fourth-order valence-electron chi connectivity index (χ4n) is 3.91. The molecule has 21 heavy (non-hydrogen) atoms. The van der Waals surface area contributed by atoms with Crippen LogP contribution in [0.4, 0.5) is 0 Å². The Bertz CT molecular complexity index is 431. The molecule has 0 saturated carbocycles. The van der Waals surface area contributed by atoms with Gasteiger partial charge >= 0.3 is 0 Å². The van der Waals surface area contributed by atoms with Gasteiger partial charge in [0.2, 0.25) is 0 Å². The average Bonchev–Trinajstić information content (AvgIpc) is 2.89. The normalized spacial score (nSPS) is 25.8. The molecular formula is C18H30N2O. The van der Waals surface area contributed by atoms with E-state index in [1.807, 2.05) is 0 Å². The van der Waals surface area contributed by atoms with Crippen LogP contribution in [0.1, 0.15) is 51.6 Å². The van der Waals surface area contributed by atoms with E-state index in [-0.39, 0.29) is 0 Å². The molecule has 4 atom stereocenters. The number of benzene rings is 1. The van der Waals surface area contributed by atoms with Crippen molar-refractivity contribution in [3.63, 3.8) is 0 Å². The summed E-state index contributed by atoms with van der Waals surface area (Å²) in [7, 11) is 3.78. The summed E-state index contributed by atoms with van der Waals surface area (Å²) in [5.74, 6) is 0.919. The van der Waals surface area contributed by atoms with E-state index < -0.39 is 0 Å². The largest absolute Gasteiger partial charge is 0.497 e. The van der Waals surface area contributed by atoms with Crippen molar-refractivity contribution in [3.8, 4) is 5.75 Å². The molecular weight excluding hydrogens is 260 g/mol. The van der Waals surface area contributed by atoms with E-state index in [2.05, 4.69) is 62.3 Å². The first-order valence-corrected chi connectivity index (χ1v) is 8.21. The second-order valence-electron chi connectivity index (χ2n) is 6.22. The van der Waals surface area contributed by atoms with Crippen LogP contribution < -0.4 is 10.1 Å². The van der Waals surface area contributed by atoms with Crippen molar-refractivity contribution in [2.45, 2.75) is 64.2 Å². The van der Waals surface area contributed by atoms with Crippen molar-refractivity contribution in [1.82, 2.24) is 10.2 Å². The van der Waals surface area contributed by atoms with Gasteiger partial charge in [-0.05, 0) is 57.9 Å². The zero-order valence-corrected chi connectivity index (χ0v) is 14.1. The lowest BCUT2D eigenvalue weighted by atomic mass is 9.97. The maximum absolute atomic E-state index is 5.26. The van der Waals surface area contributed by atoms with Gasteiger partial charge in [0.1, 0.15) is 5.75 Å². The number of rotatable bonds is 6. The fourth-order valence-corrected chi connectivity index (χ4v) is 3.91. The zero-order valence-electron chi connectivity index (χ0n) is 14.1. The van der Waals surface area contributed by atoms with Gasteiger partial charge in [-0.25, -0.2) is 0 Å². The lowest BCUT2D eigenvalue weighted by molar-refractivity contribution is 0.116. The van der Waals surface area contributed by atoms with E-state index >= 15 is 0 Å². The molecule has 1 saturated heterocycles. The summed E-state index contributed by atoms with van der Waals surface area (Å²) in [6.45, 7) is 7.03. The Balaban J connectivity index is 2.18. The molecule has 0 aromatic heterocycles. The Kier molecular flexibility index (Phi) is 5.65. The average molecular weight is 290 g/mol. The molecule has 0 bridgehead atoms. The van der Waals surface area contributed by atoms with Crippen molar-refractivity contribution in [1.29, 1.82) is 0 Å². The minimum atomic E-state index is 0.352. The molecule has 0 spiro atoms. The molecule has 0 aliphatic carbocycles. The molecule has 118 valence electrons. The standard InChI is InChI=1S/C18H30N2O/c1-6-16-10-7-13(2)20(16)14(3)18(19-4)15-8-11-17(21-5)12-9-15/h8-9,11-14,16,18-19H,6-7,10H2,1-5H3. The lowest BCUT2D eigenvalue weighted by Crippen LogP contribution is -2.47. The third kappa shape index (κ3) is 3.41. The van der Waals surface area contributed by atoms with Crippen LogP contribution in [0.2, 0.25) is 0 Å². The second kappa shape index (κ2) is 7.28. The molecule has 1 N–H and O–H groups in total. The Morgan fingerprint density at radius 1 is 1.29 bits per heavy atom. The van der Waals surface area contributed by atoms with Gasteiger partial charge in [0.25, 0.3) is 0 Å². The molecule has 1 fully saturated rings. The molecule has 1 aromatic rings. The fraction of sp³-hybridized carbons (Fsp3) is 0.667. The van der Waals surface area contributed by atoms with Crippen LogP contribution in [0.15, 0.2) is 24.3 Å². The predicted molar refractivity (Wildman–Crippen MR) is 88.9 cm³/mol. The molecule has 3 nitrogen and oxygen atoms in total. The minimum absolute atomic E-state index is 0.352. The Labute approximate surface area is 129 Å². The van der Waals surface area contributed by atoms with E-state index in [1.165, 1.54) is 24.8 Å². The van der Waals surface area contributed by atoms with Crippen molar-refractivity contribution >= 4 is 0 Å². The number of nitrogens with one attached hydrogen (secondary N) is 1. The van der Waals surface area contributed by atoms with Gasteiger partial charge < -0.3 is 10.1 Å². The number of hydrogen-bond donors (Lipinski definition) is 1. The maximum atomic E-state index is 5.26. The second-order valence-corrected chi connectivity index (χ2v) is 6.22. The van der Waals surface area contributed by atoms with Crippen LogP contribution in [0.3, 0.4) is 0 Å². The van der Waals surface area contributed by atoms with Crippen LogP contribution in [0.25, 0.3) is 0 Å². The van der Waals surface area contributed by atoms with E-state index in [0.29, 0.717) is 18.1 Å². The minimum Gasteiger partial charge on any atom is -0.497 e. The van der Waals surface area contributed by atoms with Crippen molar-refractivity contribution < 1.29 is 4.74 Å². The highest BCUT2D eigenvalue weighted by molar-refractivity contribution is 5.30. The first-order chi connectivity index (χ1) is 10.1. The van der Waals surface area contributed by atoms with E-state index in [4.69, 9.17) is 4.74 Å². The summed E-state index contributed by atoms with van der Waals surface area (Å²) >= 11 is 0. The Morgan fingerprint density at radius 3 is 2.48 bits per heavy atom. The monoisotopic (exact) mass is 290 g/mol. The smallest absolute Gasteiger partial charge is 0.118 e. The predicted octanol–water partition coefficient (Wildman–Crippen LogP) is 3.61.